The Morgan fingerprint density at radius 2 is 1.83 bits per heavy atom. The van der Waals surface area contributed by atoms with Crippen LogP contribution in [0, 0.1) is 0 Å². The number of ether oxygens (including phenoxy) is 1. The highest BCUT2D eigenvalue weighted by Crippen LogP contribution is 2.30. The van der Waals surface area contributed by atoms with E-state index in [0.29, 0.717) is 29.2 Å². The van der Waals surface area contributed by atoms with Gasteiger partial charge in [0.15, 0.2) is 0 Å². The molecule has 0 spiro atoms. The Balaban J connectivity index is 1.77. The molecule has 0 radical (unpaired) electrons. The molecular weight excluding hydrogens is 423 g/mol. The minimum Gasteiger partial charge on any atom is -0.466 e. The van der Waals surface area contributed by atoms with Gasteiger partial charge in [-0.15, -0.1) is 0 Å². The lowest BCUT2D eigenvalue weighted by Gasteiger charge is -2.44. The second-order valence-corrected chi connectivity index (χ2v) is 9.04. The van der Waals surface area contributed by atoms with Crippen LogP contribution < -0.4 is 0 Å². The number of esters is 1. The number of hydrogen-bond donors (Lipinski definition) is 0. The number of benzene rings is 1. The molecule has 0 aromatic heterocycles. The largest absolute Gasteiger partial charge is 0.466 e. The Hall–Kier alpha value is -1.30. The van der Waals surface area contributed by atoms with Crippen LogP contribution in [0.3, 0.4) is 0 Å². The van der Waals surface area contributed by atoms with Crippen molar-refractivity contribution in [2.45, 2.75) is 70.4 Å². The van der Waals surface area contributed by atoms with Gasteiger partial charge >= 0.3 is 5.97 Å². The van der Waals surface area contributed by atoms with E-state index in [1.807, 2.05) is 11.0 Å². The summed E-state index contributed by atoms with van der Waals surface area (Å²) in [6.45, 7) is 4.77. The van der Waals surface area contributed by atoms with Crippen LogP contribution in [0.1, 0.15) is 57.4 Å². The fraction of sp³-hybridized carbons (Fsp3) is 0.652. The summed E-state index contributed by atoms with van der Waals surface area (Å²) in [5, 5.41) is 0.932. The van der Waals surface area contributed by atoms with Gasteiger partial charge in [0, 0.05) is 18.6 Å². The minimum atomic E-state index is -0.252. The Morgan fingerprint density at radius 3 is 2.53 bits per heavy atom. The maximum atomic E-state index is 13.4. The summed E-state index contributed by atoms with van der Waals surface area (Å²) >= 11 is 12.2. The highest BCUT2D eigenvalue weighted by Gasteiger charge is 2.37. The normalized spacial score (nSPS) is 22.1. The zero-order valence-corrected chi connectivity index (χ0v) is 19.3. The summed E-state index contributed by atoms with van der Waals surface area (Å²) in [4.78, 5) is 29.9. The maximum Gasteiger partial charge on any atom is 0.307 e. The van der Waals surface area contributed by atoms with Gasteiger partial charge in [-0.1, -0.05) is 42.1 Å². The van der Waals surface area contributed by atoms with Crippen molar-refractivity contribution in [3.8, 4) is 0 Å². The van der Waals surface area contributed by atoms with Crippen molar-refractivity contribution >= 4 is 35.1 Å². The first kappa shape index (κ1) is 23.4. The van der Waals surface area contributed by atoms with Crippen LogP contribution >= 0.6 is 23.2 Å². The summed E-state index contributed by atoms with van der Waals surface area (Å²) in [6, 6.07) is 5.84. The molecular formula is C23H32Cl2N2O3. The summed E-state index contributed by atoms with van der Waals surface area (Å²) in [5.41, 5.74) is 0.837. The zero-order chi connectivity index (χ0) is 21.5. The standard InChI is InChI=1S/C23H32Cl2N2O3/c1-2-30-23(29)11-14-27(22(28)16-17-9-10-18(24)19(25)15-17)21-8-4-3-7-20(21)26-12-5-6-13-26/h9-10,15,20-21H,2-8,11-14,16H2,1H3/t20-,21-/m1/s1. The number of rotatable bonds is 8. The number of nitrogens with zero attached hydrogens (tertiary/aromatic N) is 2. The number of amides is 1. The molecule has 1 aromatic carbocycles. The molecule has 30 heavy (non-hydrogen) atoms. The van der Waals surface area contributed by atoms with E-state index in [-0.39, 0.29) is 30.8 Å². The van der Waals surface area contributed by atoms with Crippen molar-refractivity contribution in [3.63, 3.8) is 0 Å². The van der Waals surface area contributed by atoms with Gasteiger partial charge in [-0.3, -0.25) is 14.5 Å². The van der Waals surface area contributed by atoms with Crippen LogP contribution in [0.15, 0.2) is 18.2 Å². The van der Waals surface area contributed by atoms with Crippen LogP contribution in [0.4, 0.5) is 0 Å². The van der Waals surface area contributed by atoms with Crippen molar-refractivity contribution in [2.24, 2.45) is 0 Å². The molecule has 1 saturated carbocycles. The van der Waals surface area contributed by atoms with Crippen molar-refractivity contribution in [3.05, 3.63) is 33.8 Å². The highest BCUT2D eigenvalue weighted by molar-refractivity contribution is 6.42. The Bertz CT molecular complexity index is 737. The lowest BCUT2D eigenvalue weighted by molar-refractivity contribution is -0.145. The second-order valence-electron chi connectivity index (χ2n) is 8.23. The van der Waals surface area contributed by atoms with E-state index < -0.39 is 0 Å². The van der Waals surface area contributed by atoms with Gasteiger partial charge in [0.1, 0.15) is 0 Å². The van der Waals surface area contributed by atoms with E-state index in [0.717, 1.165) is 37.9 Å². The predicted octanol–water partition coefficient (Wildman–Crippen LogP) is 4.72. The third-order valence-electron chi connectivity index (χ3n) is 6.23. The monoisotopic (exact) mass is 454 g/mol. The van der Waals surface area contributed by atoms with E-state index in [4.69, 9.17) is 27.9 Å². The molecule has 166 valence electrons. The SMILES string of the molecule is CCOC(=O)CCN(C(=O)Cc1ccc(Cl)c(Cl)c1)[C@@H]1CCCC[C@H]1N1CCCC1. The van der Waals surface area contributed by atoms with Crippen molar-refractivity contribution in [1.29, 1.82) is 0 Å². The van der Waals surface area contributed by atoms with Crippen molar-refractivity contribution in [1.82, 2.24) is 9.80 Å². The first-order valence-corrected chi connectivity index (χ1v) is 11.9. The Labute approximate surface area is 189 Å². The first-order valence-electron chi connectivity index (χ1n) is 11.1. The van der Waals surface area contributed by atoms with Crippen molar-refractivity contribution < 1.29 is 14.3 Å². The van der Waals surface area contributed by atoms with Crippen LogP contribution in [-0.4, -0.2) is 60.0 Å². The number of halogens is 2. The molecule has 7 heteroatoms. The van der Waals surface area contributed by atoms with Gasteiger partial charge in [-0.05, 0) is 63.4 Å². The average molecular weight is 455 g/mol. The van der Waals surface area contributed by atoms with Crippen molar-refractivity contribution in [2.75, 3.05) is 26.2 Å². The van der Waals surface area contributed by atoms with Gasteiger partial charge < -0.3 is 9.64 Å². The molecule has 1 saturated heterocycles. The number of carbonyl (C=O) groups is 2. The summed E-state index contributed by atoms with van der Waals surface area (Å²) < 4.78 is 5.11. The van der Waals surface area contributed by atoms with E-state index in [2.05, 4.69) is 4.90 Å². The van der Waals surface area contributed by atoms with Crippen LogP contribution in [0.25, 0.3) is 0 Å². The van der Waals surface area contributed by atoms with E-state index >= 15 is 0 Å². The zero-order valence-electron chi connectivity index (χ0n) is 17.7. The Kier molecular flexibility index (Phi) is 8.84. The fourth-order valence-electron chi connectivity index (χ4n) is 4.80. The smallest absolute Gasteiger partial charge is 0.307 e. The topological polar surface area (TPSA) is 49.9 Å². The minimum absolute atomic E-state index is 0.0359. The average Bonchev–Trinajstić information content (AvgIpc) is 3.26. The van der Waals surface area contributed by atoms with E-state index in [1.54, 1.807) is 19.1 Å². The molecule has 1 heterocycles. The van der Waals surface area contributed by atoms with Crippen LogP contribution in [0.2, 0.25) is 10.0 Å². The summed E-state index contributed by atoms with van der Waals surface area (Å²) in [6.07, 6.45) is 7.34. The molecule has 2 fully saturated rings. The fourth-order valence-corrected chi connectivity index (χ4v) is 5.12. The molecule has 1 aromatic rings. The number of carbonyl (C=O) groups excluding carboxylic acids is 2. The molecule has 0 N–H and O–H groups in total. The first-order chi connectivity index (χ1) is 14.5. The number of likely N-dealkylation sites (tertiary alicyclic amines) is 1. The van der Waals surface area contributed by atoms with Gasteiger partial charge in [-0.25, -0.2) is 0 Å². The van der Waals surface area contributed by atoms with Gasteiger partial charge in [0.05, 0.1) is 29.5 Å². The van der Waals surface area contributed by atoms with E-state index in [9.17, 15) is 9.59 Å². The highest BCUT2D eigenvalue weighted by atomic mass is 35.5. The summed E-state index contributed by atoms with van der Waals surface area (Å²) in [7, 11) is 0. The molecule has 1 aliphatic carbocycles. The van der Waals surface area contributed by atoms with Gasteiger partial charge in [0.2, 0.25) is 5.91 Å². The second kappa shape index (κ2) is 11.4. The molecule has 1 amide bonds. The lowest BCUT2D eigenvalue weighted by atomic mass is 9.87. The molecule has 2 aliphatic rings. The molecule has 2 atom stereocenters. The van der Waals surface area contributed by atoms with Gasteiger partial charge in [-0.2, -0.15) is 0 Å². The van der Waals surface area contributed by atoms with Crippen LogP contribution in [-0.2, 0) is 20.7 Å². The lowest BCUT2D eigenvalue weighted by Crippen LogP contribution is -2.55. The molecule has 0 bridgehead atoms. The maximum absolute atomic E-state index is 13.4. The Morgan fingerprint density at radius 1 is 1.10 bits per heavy atom. The molecule has 5 nitrogen and oxygen atoms in total. The molecule has 3 rings (SSSR count). The summed E-state index contributed by atoms with van der Waals surface area (Å²) in [5.74, 6) is -0.216. The molecule has 0 unspecified atom stereocenters. The van der Waals surface area contributed by atoms with Gasteiger partial charge in [0.25, 0.3) is 0 Å². The predicted molar refractivity (Wildman–Crippen MR) is 120 cm³/mol. The third kappa shape index (κ3) is 6.12. The molecule has 1 aliphatic heterocycles. The third-order valence-corrected chi connectivity index (χ3v) is 6.96. The quantitative estimate of drug-likeness (QED) is 0.532. The van der Waals surface area contributed by atoms with E-state index in [1.165, 1.54) is 19.3 Å². The number of hydrogen-bond acceptors (Lipinski definition) is 4. The van der Waals surface area contributed by atoms with Crippen LogP contribution in [0.5, 0.6) is 0 Å².